The third kappa shape index (κ3) is 5.07. The van der Waals surface area contributed by atoms with Gasteiger partial charge in [-0.1, -0.05) is 0 Å². The molecule has 0 unspecified atom stereocenters. The highest BCUT2D eigenvalue weighted by Gasteiger charge is 2.41. The molecule has 1 fully saturated rings. The van der Waals surface area contributed by atoms with E-state index < -0.39 is 30.8 Å². The molecule has 0 radical (unpaired) electrons. The number of hydrogen-bond acceptors (Lipinski definition) is 7. The van der Waals surface area contributed by atoms with Crippen LogP contribution in [-0.2, 0) is 19.1 Å². The van der Waals surface area contributed by atoms with Crippen molar-refractivity contribution >= 4 is 17.8 Å². The van der Waals surface area contributed by atoms with Gasteiger partial charge in [0.25, 0.3) is 0 Å². The van der Waals surface area contributed by atoms with Crippen LogP contribution in [0.1, 0.15) is 18.7 Å². The van der Waals surface area contributed by atoms with Crippen LogP contribution in [0.25, 0.3) is 0 Å². The van der Waals surface area contributed by atoms with Crippen LogP contribution in [0.2, 0.25) is 0 Å². The van der Waals surface area contributed by atoms with E-state index in [9.17, 15) is 22.8 Å². The second-order valence-corrected chi connectivity index (χ2v) is 5.21. The van der Waals surface area contributed by atoms with Crippen molar-refractivity contribution in [1.82, 2.24) is 9.97 Å². The first-order valence-electron chi connectivity index (χ1n) is 7.23. The summed E-state index contributed by atoms with van der Waals surface area (Å²) >= 11 is 0. The molecular weight excluding hydrogens is 331 g/mol. The Kier molecular flexibility index (Phi) is 5.58. The van der Waals surface area contributed by atoms with E-state index >= 15 is 0 Å². The molecule has 0 amide bonds. The largest absolute Gasteiger partial charge is 0.490 e. The van der Waals surface area contributed by atoms with Gasteiger partial charge in [-0.05, 0) is 13.0 Å². The van der Waals surface area contributed by atoms with Crippen molar-refractivity contribution in [2.24, 2.45) is 0 Å². The van der Waals surface area contributed by atoms with E-state index in [4.69, 9.17) is 4.74 Å². The second kappa shape index (κ2) is 7.45. The molecule has 1 aliphatic heterocycles. The minimum atomic E-state index is -5.12. The van der Waals surface area contributed by atoms with Gasteiger partial charge < -0.3 is 14.4 Å². The van der Waals surface area contributed by atoms with Crippen LogP contribution in [0.15, 0.2) is 12.3 Å². The zero-order valence-electron chi connectivity index (χ0n) is 12.9. The molecular formula is C14H16F3N3O4. The SMILES string of the molecule is Cc1nccc(N2CCC(OC(=O)COC(=O)C(F)(F)F)CC2)n1. The van der Waals surface area contributed by atoms with Gasteiger partial charge in [-0.25, -0.2) is 19.6 Å². The first-order chi connectivity index (χ1) is 11.3. The number of ether oxygens (including phenoxy) is 2. The molecule has 24 heavy (non-hydrogen) atoms. The smallest absolute Gasteiger partial charge is 0.460 e. The lowest BCUT2D eigenvalue weighted by Gasteiger charge is -2.32. The van der Waals surface area contributed by atoms with Crippen molar-refractivity contribution < 1.29 is 32.2 Å². The van der Waals surface area contributed by atoms with Gasteiger partial charge in [0, 0.05) is 32.1 Å². The number of aromatic nitrogens is 2. The number of hydrogen-bond donors (Lipinski definition) is 0. The van der Waals surface area contributed by atoms with E-state index in [1.54, 1.807) is 19.2 Å². The maximum absolute atomic E-state index is 11.9. The molecule has 7 nitrogen and oxygen atoms in total. The van der Waals surface area contributed by atoms with Gasteiger partial charge in [0.2, 0.25) is 0 Å². The summed E-state index contributed by atoms with van der Waals surface area (Å²) in [4.78, 5) is 32.3. The van der Waals surface area contributed by atoms with Gasteiger partial charge in [-0.15, -0.1) is 0 Å². The van der Waals surface area contributed by atoms with Crippen molar-refractivity contribution in [3.05, 3.63) is 18.1 Å². The van der Waals surface area contributed by atoms with E-state index in [0.29, 0.717) is 31.8 Å². The molecule has 1 aliphatic rings. The van der Waals surface area contributed by atoms with Crippen LogP contribution in [-0.4, -0.2) is 53.9 Å². The van der Waals surface area contributed by atoms with Crippen LogP contribution in [0.5, 0.6) is 0 Å². The van der Waals surface area contributed by atoms with E-state index in [-0.39, 0.29) is 0 Å². The first kappa shape index (κ1) is 18.0. The quantitative estimate of drug-likeness (QED) is 0.762. The predicted octanol–water partition coefficient (Wildman–Crippen LogP) is 1.40. The van der Waals surface area contributed by atoms with Crippen LogP contribution in [0.3, 0.4) is 0 Å². The van der Waals surface area contributed by atoms with E-state index in [1.165, 1.54) is 0 Å². The highest BCUT2D eigenvalue weighted by molar-refractivity contribution is 5.79. The van der Waals surface area contributed by atoms with Crippen molar-refractivity contribution in [2.75, 3.05) is 24.6 Å². The van der Waals surface area contributed by atoms with Crippen LogP contribution >= 0.6 is 0 Å². The number of anilines is 1. The average molecular weight is 347 g/mol. The lowest BCUT2D eigenvalue weighted by atomic mass is 10.1. The van der Waals surface area contributed by atoms with Crippen LogP contribution in [0, 0.1) is 6.92 Å². The van der Waals surface area contributed by atoms with Crippen LogP contribution in [0.4, 0.5) is 19.0 Å². The summed E-state index contributed by atoms with van der Waals surface area (Å²) in [6.45, 7) is 1.89. The lowest BCUT2D eigenvalue weighted by molar-refractivity contribution is -0.202. The number of alkyl halides is 3. The summed E-state index contributed by atoms with van der Waals surface area (Å²) in [7, 11) is 0. The first-order valence-corrected chi connectivity index (χ1v) is 7.23. The molecule has 0 bridgehead atoms. The summed E-state index contributed by atoms with van der Waals surface area (Å²) in [6.07, 6.45) is -2.90. The number of nitrogens with zero attached hydrogens (tertiary/aromatic N) is 3. The topological polar surface area (TPSA) is 81.6 Å². The van der Waals surface area contributed by atoms with Crippen molar-refractivity contribution in [3.8, 4) is 0 Å². The molecule has 0 saturated carbocycles. The van der Waals surface area contributed by atoms with E-state index in [2.05, 4.69) is 14.7 Å². The summed E-state index contributed by atoms with van der Waals surface area (Å²) in [6, 6.07) is 1.77. The van der Waals surface area contributed by atoms with Gasteiger partial charge in [-0.2, -0.15) is 13.2 Å². The minimum Gasteiger partial charge on any atom is -0.460 e. The van der Waals surface area contributed by atoms with Crippen molar-refractivity contribution in [2.45, 2.75) is 32.0 Å². The molecule has 0 atom stereocenters. The highest BCUT2D eigenvalue weighted by atomic mass is 19.4. The lowest BCUT2D eigenvalue weighted by Crippen LogP contribution is -2.39. The number of carbonyl (C=O) groups excluding carboxylic acids is 2. The zero-order chi connectivity index (χ0) is 17.7. The van der Waals surface area contributed by atoms with E-state index in [0.717, 1.165) is 5.82 Å². The fourth-order valence-electron chi connectivity index (χ4n) is 2.25. The zero-order valence-corrected chi connectivity index (χ0v) is 12.9. The normalized spacial score (nSPS) is 15.9. The minimum absolute atomic E-state index is 0.429. The Morgan fingerprint density at radius 2 is 2.00 bits per heavy atom. The second-order valence-electron chi connectivity index (χ2n) is 5.21. The molecule has 10 heteroatoms. The third-order valence-corrected chi connectivity index (χ3v) is 3.38. The molecule has 0 aromatic carbocycles. The Balaban J connectivity index is 1.75. The average Bonchev–Trinajstić information content (AvgIpc) is 2.52. The maximum atomic E-state index is 11.9. The van der Waals surface area contributed by atoms with Crippen LogP contribution < -0.4 is 4.90 Å². The third-order valence-electron chi connectivity index (χ3n) is 3.38. The monoisotopic (exact) mass is 347 g/mol. The molecule has 1 saturated heterocycles. The maximum Gasteiger partial charge on any atom is 0.490 e. The number of aryl methyl sites for hydroxylation is 1. The fraction of sp³-hybridized carbons (Fsp3) is 0.571. The van der Waals surface area contributed by atoms with Gasteiger partial charge in [0.1, 0.15) is 17.7 Å². The molecule has 132 valence electrons. The molecule has 1 aromatic heterocycles. The molecule has 2 rings (SSSR count). The Hall–Kier alpha value is -2.39. The molecule has 2 heterocycles. The van der Waals surface area contributed by atoms with Crippen molar-refractivity contribution in [3.63, 3.8) is 0 Å². The number of esters is 2. The number of carbonyl (C=O) groups is 2. The molecule has 1 aromatic rings. The Morgan fingerprint density at radius 3 is 2.58 bits per heavy atom. The highest BCUT2D eigenvalue weighted by Crippen LogP contribution is 2.20. The summed E-state index contributed by atoms with van der Waals surface area (Å²) < 4.78 is 44.7. The number of piperidine rings is 1. The standard InChI is InChI=1S/C14H16F3N3O4/c1-9-18-5-2-11(19-9)20-6-3-10(4-7-20)24-12(21)8-23-13(22)14(15,16)17/h2,5,10H,3-4,6-8H2,1H3. The van der Waals surface area contributed by atoms with Crippen molar-refractivity contribution in [1.29, 1.82) is 0 Å². The fourth-order valence-corrected chi connectivity index (χ4v) is 2.25. The van der Waals surface area contributed by atoms with Gasteiger partial charge in [0.05, 0.1) is 0 Å². The number of rotatable bonds is 4. The molecule has 0 aliphatic carbocycles. The van der Waals surface area contributed by atoms with Gasteiger partial charge in [-0.3, -0.25) is 0 Å². The summed E-state index contributed by atoms with van der Waals surface area (Å²) in [5.41, 5.74) is 0. The summed E-state index contributed by atoms with van der Waals surface area (Å²) in [5, 5.41) is 0. The van der Waals surface area contributed by atoms with E-state index in [1.807, 2.05) is 4.90 Å². The Bertz CT molecular complexity index is 601. The Morgan fingerprint density at radius 1 is 1.33 bits per heavy atom. The Labute approximate surface area is 135 Å². The van der Waals surface area contributed by atoms with Gasteiger partial charge in [0.15, 0.2) is 6.61 Å². The number of halogens is 3. The predicted molar refractivity (Wildman–Crippen MR) is 75.1 cm³/mol. The molecule has 0 N–H and O–H groups in total. The molecule has 0 spiro atoms. The van der Waals surface area contributed by atoms with Gasteiger partial charge >= 0.3 is 18.1 Å². The summed E-state index contributed by atoms with van der Waals surface area (Å²) in [5.74, 6) is -1.99.